The number of nitrogens with one attached hydrogen (secondary N) is 2. The van der Waals surface area contributed by atoms with Crippen LogP contribution in [0, 0.1) is 5.82 Å². The van der Waals surface area contributed by atoms with E-state index in [-0.39, 0.29) is 31.7 Å². The number of hydrogen-bond acceptors (Lipinski definition) is 10. The van der Waals surface area contributed by atoms with Gasteiger partial charge in [-0.05, 0) is 25.2 Å². The second-order valence-corrected chi connectivity index (χ2v) is 7.89. The normalized spacial score (nSPS) is 16.3. The zero-order valence-electron chi connectivity index (χ0n) is 16.8. The van der Waals surface area contributed by atoms with Crippen LogP contribution in [0.5, 0.6) is 17.6 Å². The van der Waals surface area contributed by atoms with Crippen molar-refractivity contribution in [2.45, 2.75) is 12.1 Å². The molecule has 10 nitrogen and oxygen atoms in total. The Hall–Kier alpha value is -3.35. The summed E-state index contributed by atoms with van der Waals surface area (Å²) in [7, 11) is 1.70. The summed E-state index contributed by atoms with van der Waals surface area (Å²) in [5, 5.41) is 0. The number of anilines is 1. The smallest absolute Gasteiger partial charge is 0.416 e. The standard InChI is InChI=1S/C20H18FN5O5S/c1-22-32-25-17-16(21)12(4-5-23-17)9-26-19(27)31-15-8-13(30-18-24-6-7-29-18)2-3-14(15)20(26)10-28-11-20/h2-8,22H,9-11H2,1H3,(H,23,25). The number of carbonyl (C=O) groups excluding carboxylic acids is 1. The highest BCUT2D eigenvalue weighted by molar-refractivity contribution is 7.98. The number of ether oxygens (including phenoxy) is 3. The van der Waals surface area contributed by atoms with Crippen molar-refractivity contribution in [1.82, 2.24) is 19.6 Å². The third-order valence-electron chi connectivity index (χ3n) is 5.23. The van der Waals surface area contributed by atoms with Gasteiger partial charge in [-0.25, -0.2) is 18.9 Å². The van der Waals surface area contributed by atoms with E-state index < -0.39 is 17.4 Å². The molecule has 12 heteroatoms. The molecule has 1 spiro atoms. The van der Waals surface area contributed by atoms with Gasteiger partial charge in [-0.15, -0.1) is 0 Å². The monoisotopic (exact) mass is 459 g/mol. The summed E-state index contributed by atoms with van der Waals surface area (Å²) in [5.74, 6) is 0.279. The van der Waals surface area contributed by atoms with E-state index in [1.807, 2.05) is 0 Å². The highest BCUT2D eigenvalue weighted by Gasteiger charge is 2.53. The number of pyridine rings is 1. The molecule has 166 valence electrons. The molecule has 5 rings (SSSR count). The van der Waals surface area contributed by atoms with Gasteiger partial charge in [-0.2, -0.15) is 4.98 Å². The van der Waals surface area contributed by atoms with Crippen LogP contribution < -0.4 is 18.9 Å². The van der Waals surface area contributed by atoms with Gasteiger partial charge in [0.2, 0.25) is 0 Å². The van der Waals surface area contributed by atoms with Crippen molar-refractivity contribution in [1.29, 1.82) is 0 Å². The van der Waals surface area contributed by atoms with Crippen molar-refractivity contribution in [3.63, 3.8) is 0 Å². The molecular weight excluding hydrogens is 441 g/mol. The Morgan fingerprint density at radius 3 is 2.88 bits per heavy atom. The number of nitrogens with zero attached hydrogens (tertiary/aromatic N) is 3. The molecule has 4 heterocycles. The lowest BCUT2D eigenvalue weighted by molar-refractivity contribution is -0.143. The summed E-state index contributed by atoms with van der Waals surface area (Å²) in [6.07, 6.45) is 3.80. The molecule has 0 saturated carbocycles. The Labute approximate surface area is 186 Å². The van der Waals surface area contributed by atoms with Crippen molar-refractivity contribution in [2.24, 2.45) is 0 Å². The second kappa shape index (κ2) is 8.30. The third kappa shape index (κ3) is 3.51. The fraction of sp³-hybridized carbons (Fsp3) is 0.250. The summed E-state index contributed by atoms with van der Waals surface area (Å²) >= 11 is 1.09. The minimum absolute atomic E-state index is 0.0105. The van der Waals surface area contributed by atoms with Crippen molar-refractivity contribution < 1.29 is 27.8 Å². The molecule has 2 aromatic heterocycles. The van der Waals surface area contributed by atoms with Crippen molar-refractivity contribution >= 4 is 24.0 Å². The lowest BCUT2D eigenvalue weighted by atomic mass is 9.84. The van der Waals surface area contributed by atoms with Crippen LogP contribution >= 0.6 is 12.1 Å². The van der Waals surface area contributed by atoms with Gasteiger partial charge in [0.1, 0.15) is 23.3 Å². The number of amides is 1. The van der Waals surface area contributed by atoms with Crippen molar-refractivity contribution in [2.75, 3.05) is 25.0 Å². The Morgan fingerprint density at radius 2 is 2.16 bits per heavy atom. The van der Waals surface area contributed by atoms with Crippen LogP contribution in [0.2, 0.25) is 0 Å². The fourth-order valence-electron chi connectivity index (χ4n) is 3.64. The number of benzene rings is 1. The van der Waals surface area contributed by atoms with Crippen molar-refractivity contribution in [3.05, 3.63) is 59.9 Å². The molecule has 32 heavy (non-hydrogen) atoms. The van der Waals surface area contributed by atoms with Gasteiger partial charge in [0.05, 0.1) is 26.0 Å². The molecule has 2 N–H and O–H groups in total. The average Bonchev–Trinajstić information content (AvgIpc) is 3.26. The molecule has 0 radical (unpaired) electrons. The first kappa shape index (κ1) is 20.5. The first-order valence-electron chi connectivity index (χ1n) is 9.62. The van der Waals surface area contributed by atoms with E-state index >= 15 is 0 Å². The van der Waals surface area contributed by atoms with Crippen LogP contribution in [0.15, 0.2) is 47.3 Å². The molecule has 2 aliphatic rings. The highest BCUT2D eigenvalue weighted by atomic mass is 32.2. The first-order chi connectivity index (χ1) is 15.6. The topological polar surface area (TPSA) is 111 Å². The fourth-order valence-corrected chi connectivity index (χ4v) is 3.98. The molecule has 1 amide bonds. The van der Waals surface area contributed by atoms with E-state index in [1.165, 1.54) is 29.6 Å². The molecule has 3 aromatic rings. The van der Waals surface area contributed by atoms with Gasteiger partial charge in [0.25, 0.3) is 0 Å². The minimum atomic E-state index is -0.769. The highest BCUT2D eigenvalue weighted by Crippen LogP contribution is 2.47. The van der Waals surface area contributed by atoms with Gasteiger partial charge in [-0.3, -0.25) is 9.62 Å². The van der Waals surface area contributed by atoms with E-state index in [0.717, 1.165) is 17.7 Å². The number of hydrogen-bond donors (Lipinski definition) is 2. The van der Waals surface area contributed by atoms with E-state index in [9.17, 15) is 9.18 Å². The zero-order chi connectivity index (χ0) is 22.1. The maximum absolute atomic E-state index is 15.0. The molecule has 1 aromatic carbocycles. The Bertz CT molecular complexity index is 1140. The largest absolute Gasteiger partial charge is 0.417 e. The van der Waals surface area contributed by atoms with Crippen molar-refractivity contribution in [3.8, 4) is 17.6 Å². The van der Waals surface area contributed by atoms with E-state index in [2.05, 4.69) is 19.4 Å². The predicted molar refractivity (Wildman–Crippen MR) is 112 cm³/mol. The molecule has 1 saturated heterocycles. The average molecular weight is 459 g/mol. The molecule has 0 atom stereocenters. The van der Waals surface area contributed by atoms with Crippen LogP contribution in [-0.4, -0.2) is 41.2 Å². The third-order valence-corrected chi connectivity index (χ3v) is 5.73. The number of aromatic nitrogens is 2. The van der Waals surface area contributed by atoms with Gasteiger partial charge in [0, 0.05) is 35.5 Å². The van der Waals surface area contributed by atoms with E-state index in [0.29, 0.717) is 17.1 Å². The number of rotatable bonds is 7. The molecule has 2 aliphatic heterocycles. The SMILES string of the molecule is CNSNc1nccc(CN2C(=O)Oc3cc(Oc4ncco4)ccc3C23COC3)c1F. The number of halogens is 1. The van der Waals surface area contributed by atoms with Gasteiger partial charge >= 0.3 is 12.2 Å². The maximum atomic E-state index is 15.0. The Kier molecular flexibility index (Phi) is 5.33. The van der Waals surface area contributed by atoms with Crippen LogP contribution in [0.25, 0.3) is 0 Å². The Morgan fingerprint density at radius 1 is 1.28 bits per heavy atom. The number of carbonyl (C=O) groups is 1. The van der Waals surface area contributed by atoms with Gasteiger partial charge in [-0.1, -0.05) is 0 Å². The second-order valence-electron chi connectivity index (χ2n) is 7.08. The first-order valence-corrected chi connectivity index (χ1v) is 10.4. The lowest BCUT2D eigenvalue weighted by Crippen LogP contribution is -2.63. The molecule has 1 fully saturated rings. The number of oxazole rings is 1. The zero-order valence-corrected chi connectivity index (χ0v) is 17.6. The summed E-state index contributed by atoms with van der Waals surface area (Å²) in [5.41, 5.74) is 0.284. The van der Waals surface area contributed by atoms with Crippen LogP contribution in [0.1, 0.15) is 11.1 Å². The van der Waals surface area contributed by atoms with Gasteiger partial charge < -0.3 is 18.6 Å². The van der Waals surface area contributed by atoms with Crippen LogP contribution in [0.3, 0.4) is 0 Å². The summed E-state index contributed by atoms with van der Waals surface area (Å²) < 4.78 is 42.2. The summed E-state index contributed by atoms with van der Waals surface area (Å²) in [6, 6.07) is 6.66. The molecular formula is C20H18FN5O5S. The number of fused-ring (bicyclic) bond motifs is 2. The minimum Gasteiger partial charge on any atom is -0.417 e. The van der Waals surface area contributed by atoms with Gasteiger partial charge in [0.15, 0.2) is 11.6 Å². The van der Waals surface area contributed by atoms with Crippen LogP contribution in [-0.2, 0) is 16.8 Å². The van der Waals surface area contributed by atoms with E-state index in [1.54, 1.807) is 25.2 Å². The summed E-state index contributed by atoms with van der Waals surface area (Å²) in [4.78, 5) is 22.4. The van der Waals surface area contributed by atoms with Crippen LogP contribution in [0.4, 0.5) is 15.0 Å². The lowest BCUT2D eigenvalue weighted by Gasteiger charge is -2.51. The molecule has 0 aliphatic carbocycles. The summed E-state index contributed by atoms with van der Waals surface area (Å²) in [6.45, 7) is 0.522. The quantitative estimate of drug-likeness (QED) is 0.510. The Balaban J connectivity index is 1.44. The molecule has 0 bridgehead atoms. The maximum Gasteiger partial charge on any atom is 0.416 e. The molecule has 0 unspecified atom stereocenters. The van der Waals surface area contributed by atoms with E-state index in [4.69, 9.17) is 18.6 Å². The predicted octanol–water partition coefficient (Wildman–Crippen LogP) is 3.44.